The Hall–Kier alpha value is -0.640. The molecule has 0 heterocycles. The van der Waals surface area contributed by atoms with Crippen molar-refractivity contribution in [2.75, 3.05) is 0 Å². The summed E-state index contributed by atoms with van der Waals surface area (Å²) in [6.07, 6.45) is 10.2. The van der Waals surface area contributed by atoms with Crippen molar-refractivity contribution < 1.29 is 15.3 Å². The fraction of sp³-hybridized carbons (Fsp3) is 0.867. The van der Waals surface area contributed by atoms with Crippen molar-refractivity contribution in [2.24, 2.45) is 45.3 Å². The highest BCUT2D eigenvalue weighted by Gasteiger charge is 2.72. The molecule has 4 aliphatic carbocycles. The summed E-state index contributed by atoms with van der Waals surface area (Å²) in [7, 11) is 0. The fourth-order valence-corrected chi connectivity index (χ4v) is 10.1. The van der Waals surface area contributed by atoms with E-state index in [-0.39, 0.29) is 45.7 Å². The zero-order valence-electron chi connectivity index (χ0n) is 22.5. The average Bonchev–Trinajstić information content (AvgIpc) is 3.07. The summed E-state index contributed by atoms with van der Waals surface area (Å²) >= 11 is 0. The van der Waals surface area contributed by atoms with Gasteiger partial charge in [0.15, 0.2) is 0 Å². The van der Waals surface area contributed by atoms with Crippen LogP contribution in [0.15, 0.2) is 23.3 Å². The van der Waals surface area contributed by atoms with Crippen LogP contribution in [0, 0.1) is 45.3 Å². The van der Waals surface area contributed by atoms with Crippen LogP contribution in [0.2, 0.25) is 0 Å². The standard InChI is InChI=1S/C30H50O3/c1-18(2)10-9-11-19(3)20-12-15-29(7)25(20)21(31)16-23-28(6)14-13-24(33)27(4,5)26(28)22(32)17-30(23,29)8/h10-11,20-26,31-33H,9,12-17H2,1-8H3. The zero-order valence-corrected chi connectivity index (χ0v) is 22.5. The van der Waals surface area contributed by atoms with Gasteiger partial charge in [0.05, 0.1) is 18.3 Å². The number of hydrogen-bond acceptors (Lipinski definition) is 3. The molecule has 0 amide bonds. The number of aliphatic hydroxyl groups excluding tert-OH is 3. The molecule has 0 aromatic heterocycles. The second-order valence-corrected chi connectivity index (χ2v) is 14.0. The van der Waals surface area contributed by atoms with Crippen molar-refractivity contribution >= 4 is 0 Å². The Morgan fingerprint density at radius 2 is 1.52 bits per heavy atom. The number of rotatable bonds is 3. The van der Waals surface area contributed by atoms with Gasteiger partial charge in [-0.15, -0.1) is 0 Å². The molecular weight excluding hydrogens is 408 g/mol. The molecule has 33 heavy (non-hydrogen) atoms. The Kier molecular flexibility index (Phi) is 6.33. The maximum absolute atomic E-state index is 11.7. The van der Waals surface area contributed by atoms with E-state index in [0.29, 0.717) is 11.8 Å². The SMILES string of the molecule is CC(C)=CCC=C(C)C1CCC2(C)C1C(O)CC1C3(C)CCC(O)C(C)(C)C3C(O)CC12C. The van der Waals surface area contributed by atoms with E-state index < -0.39 is 6.10 Å². The lowest BCUT2D eigenvalue weighted by atomic mass is 9.34. The molecule has 0 saturated heterocycles. The quantitative estimate of drug-likeness (QED) is 0.436. The number of allylic oxidation sites excluding steroid dienone is 4. The van der Waals surface area contributed by atoms with Crippen LogP contribution in [-0.2, 0) is 0 Å². The van der Waals surface area contributed by atoms with Crippen molar-refractivity contribution in [2.45, 2.75) is 119 Å². The first-order chi connectivity index (χ1) is 15.2. The van der Waals surface area contributed by atoms with Gasteiger partial charge in [0.2, 0.25) is 0 Å². The minimum absolute atomic E-state index is 0.00508. The molecule has 4 saturated carbocycles. The van der Waals surface area contributed by atoms with E-state index in [1.165, 1.54) is 11.1 Å². The van der Waals surface area contributed by atoms with E-state index in [1.807, 2.05) is 0 Å². The van der Waals surface area contributed by atoms with Crippen molar-refractivity contribution in [1.29, 1.82) is 0 Å². The van der Waals surface area contributed by atoms with Gasteiger partial charge in [0.25, 0.3) is 0 Å². The third-order valence-corrected chi connectivity index (χ3v) is 11.8. The predicted molar refractivity (Wildman–Crippen MR) is 136 cm³/mol. The lowest BCUT2D eigenvalue weighted by Gasteiger charge is -2.71. The number of aliphatic hydroxyl groups is 3. The first kappa shape index (κ1) is 25.5. The molecule has 3 N–H and O–H groups in total. The van der Waals surface area contributed by atoms with Gasteiger partial charge in [-0.25, -0.2) is 0 Å². The highest BCUT2D eigenvalue weighted by molar-refractivity contribution is 5.24. The molecule has 10 unspecified atom stereocenters. The molecule has 4 fully saturated rings. The monoisotopic (exact) mass is 458 g/mol. The smallest absolute Gasteiger partial charge is 0.0595 e. The van der Waals surface area contributed by atoms with Crippen LogP contribution in [0.4, 0.5) is 0 Å². The average molecular weight is 459 g/mol. The van der Waals surface area contributed by atoms with Gasteiger partial charge >= 0.3 is 0 Å². The van der Waals surface area contributed by atoms with E-state index in [1.54, 1.807) is 0 Å². The predicted octanol–water partition coefficient (Wildman–Crippen LogP) is 6.28. The normalized spacial score (nSPS) is 51.4. The second-order valence-electron chi connectivity index (χ2n) is 14.0. The highest BCUT2D eigenvalue weighted by atomic mass is 16.3. The van der Waals surface area contributed by atoms with Gasteiger partial charge in [-0.1, -0.05) is 57.9 Å². The molecule has 10 atom stereocenters. The lowest BCUT2D eigenvalue weighted by Crippen LogP contribution is -2.69. The summed E-state index contributed by atoms with van der Waals surface area (Å²) in [5, 5.41) is 34.3. The fourth-order valence-electron chi connectivity index (χ4n) is 10.1. The van der Waals surface area contributed by atoms with Crippen LogP contribution < -0.4 is 0 Å². The van der Waals surface area contributed by atoms with Crippen LogP contribution in [0.5, 0.6) is 0 Å². The maximum atomic E-state index is 11.7. The summed E-state index contributed by atoms with van der Waals surface area (Å²) in [4.78, 5) is 0. The third kappa shape index (κ3) is 3.54. The van der Waals surface area contributed by atoms with Crippen molar-refractivity contribution in [1.82, 2.24) is 0 Å². The van der Waals surface area contributed by atoms with E-state index in [9.17, 15) is 15.3 Å². The minimum Gasteiger partial charge on any atom is -0.393 e. The van der Waals surface area contributed by atoms with Crippen LogP contribution >= 0.6 is 0 Å². The summed E-state index contributed by atoms with van der Waals surface area (Å²) in [6, 6.07) is 0. The molecular formula is C30H50O3. The topological polar surface area (TPSA) is 60.7 Å². The molecule has 4 aliphatic rings. The molecule has 0 radical (unpaired) electrons. The van der Waals surface area contributed by atoms with Crippen molar-refractivity contribution in [3.8, 4) is 0 Å². The van der Waals surface area contributed by atoms with Crippen LogP contribution in [-0.4, -0.2) is 33.6 Å². The summed E-state index contributed by atoms with van der Waals surface area (Å²) in [5.41, 5.74) is 2.43. The molecule has 0 aromatic carbocycles. The zero-order chi connectivity index (χ0) is 24.6. The minimum atomic E-state index is -0.401. The first-order valence-corrected chi connectivity index (χ1v) is 13.5. The van der Waals surface area contributed by atoms with Crippen molar-refractivity contribution in [3.63, 3.8) is 0 Å². The largest absolute Gasteiger partial charge is 0.393 e. The molecule has 0 aliphatic heterocycles. The van der Waals surface area contributed by atoms with E-state index in [2.05, 4.69) is 67.5 Å². The van der Waals surface area contributed by atoms with Gasteiger partial charge < -0.3 is 15.3 Å². The van der Waals surface area contributed by atoms with Crippen LogP contribution in [0.1, 0.15) is 100 Å². The Morgan fingerprint density at radius 3 is 2.15 bits per heavy atom. The molecule has 3 heteroatoms. The molecule has 188 valence electrons. The summed E-state index contributed by atoms with van der Waals surface area (Å²) in [5.74, 6) is 1.13. The number of fused-ring (bicyclic) bond motifs is 5. The lowest BCUT2D eigenvalue weighted by molar-refractivity contribution is -0.270. The van der Waals surface area contributed by atoms with Gasteiger partial charge in [0, 0.05) is 0 Å². The molecule has 0 aromatic rings. The van der Waals surface area contributed by atoms with Crippen molar-refractivity contribution in [3.05, 3.63) is 23.3 Å². The molecule has 0 bridgehead atoms. The van der Waals surface area contributed by atoms with Gasteiger partial charge in [-0.2, -0.15) is 0 Å². The second kappa shape index (κ2) is 8.20. The van der Waals surface area contributed by atoms with Gasteiger partial charge in [-0.3, -0.25) is 0 Å². The number of hydrogen-bond donors (Lipinski definition) is 3. The van der Waals surface area contributed by atoms with E-state index >= 15 is 0 Å². The molecule has 4 rings (SSSR count). The first-order valence-electron chi connectivity index (χ1n) is 13.5. The third-order valence-electron chi connectivity index (χ3n) is 11.8. The summed E-state index contributed by atoms with van der Waals surface area (Å²) < 4.78 is 0. The highest BCUT2D eigenvalue weighted by Crippen LogP contribution is 2.75. The maximum Gasteiger partial charge on any atom is 0.0595 e. The van der Waals surface area contributed by atoms with Gasteiger partial charge in [0.1, 0.15) is 0 Å². The Balaban J connectivity index is 1.71. The molecule has 0 spiro atoms. The molecule has 3 nitrogen and oxygen atoms in total. The van der Waals surface area contributed by atoms with E-state index in [4.69, 9.17) is 0 Å². The van der Waals surface area contributed by atoms with Gasteiger partial charge in [-0.05, 0) is 111 Å². The van der Waals surface area contributed by atoms with Crippen LogP contribution in [0.3, 0.4) is 0 Å². The Bertz CT molecular complexity index is 822. The Labute approximate surface area is 202 Å². The summed E-state index contributed by atoms with van der Waals surface area (Å²) in [6.45, 7) is 18.1. The van der Waals surface area contributed by atoms with E-state index in [0.717, 1.165) is 44.9 Å². The Morgan fingerprint density at radius 1 is 0.848 bits per heavy atom. The van der Waals surface area contributed by atoms with Crippen LogP contribution in [0.25, 0.3) is 0 Å².